The summed E-state index contributed by atoms with van der Waals surface area (Å²) in [6.45, 7) is 0.581. The summed E-state index contributed by atoms with van der Waals surface area (Å²) in [6, 6.07) is 9.62. The standard InChI is InChI=1S/C14H10ClN5S/c15-10-4-5-11-14(19-21-18-11)13(10)16-7-9-8-20-6-2-1-3-12(20)17-9/h1-6,8,16H,7H2. The van der Waals surface area contributed by atoms with Crippen molar-refractivity contribution in [2.24, 2.45) is 0 Å². The molecule has 0 spiro atoms. The quantitative estimate of drug-likeness (QED) is 0.627. The maximum atomic E-state index is 6.25. The van der Waals surface area contributed by atoms with E-state index in [2.05, 4.69) is 19.0 Å². The Morgan fingerprint density at radius 2 is 2.14 bits per heavy atom. The minimum Gasteiger partial charge on any atom is -0.376 e. The minimum atomic E-state index is 0.581. The third kappa shape index (κ3) is 2.22. The van der Waals surface area contributed by atoms with E-state index in [9.17, 15) is 0 Å². The summed E-state index contributed by atoms with van der Waals surface area (Å²) in [5.41, 5.74) is 4.32. The van der Waals surface area contributed by atoms with Crippen molar-refractivity contribution in [3.63, 3.8) is 0 Å². The van der Waals surface area contributed by atoms with Crippen molar-refractivity contribution in [2.45, 2.75) is 6.54 Å². The van der Waals surface area contributed by atoms with Gasteiger partial charge in [-0.05, 0) is 24.3 Å². The molecular formula is C14H10ClN5S. The lowest BCUT2D eigenvalue weighted by molar-refractivity contribution is 1.08. The molecule has 4 aromatic rings. The van der Waals surface area contributed by atoms with E-state index in [1.165, 1.54) is 11.7 Å². The predicted octanol–water partition coefficient (Wildman–Crippen LogP) is 3.60. The molecule has 104 valence electrons. The van der Waals surface area contributed by atoms with Crippen LogP contribution in [0.1, 0.15) is 5.69 Å². The van der Waals surface area contributed by atoms with Gasteiger partial charge in [-0.15, -0.1) is 0 Å². The van der Waals surface area contributed by atoms with Crippen LogP contribution in [0.3, 0.4) is 0 Å². The fourth-order valence-corrected chi connectivity index (χ4v) is 3.01. The highest BCUT2D eigenvalue weighted by molar-refractivity contribution is 7.00. The Balaban J connectivity index is 1.66. The lowest BCUT2D eigenvalue weighted by atomic mass is 10.2. The average molecular weight is 316 g/mol. The van der Waals surface area contributed by atoms with Crippen LogP contribution in [-0.4, -0.2) is 18.1 Å². The Hall–Kier alpha value is -2.18. The topological polar surface area (TPSA) is 55.1 Å². The zero-order valence-corrected chi connectivity index (χ0v) is 12.4. The van der Waals surface area contributed by atoms with Crippen LogP contribution in [0.5, 0.6) is 0 Å². The molecule has 7 heteroatoms. The lowest BCUT2D eigenvalue weighted by Gasteiger charge is -2.06. The number of aromatic nitrogens is 4. The van der Waals surface area contributed by atoms with Gasteiger partial charge in [0, 0.05) is 12.4 Å². The first-order chi connectivity index (χ1) is 10.3. The van der Waals surface area contributed by atoms with Crippen molar-refractivity contribution >= 4 is 45.7 Å². The van der Waals surface area contributed by atoms with Crippen molar-refractivity contribution < 1.29 is 0 Å². The second-order valence-electron chi connectivity index (χ2n) is 4.61. The van der Waals surface area contributed by atoms with Gasteiger partial charge < -0.3 is 9.72 Å². The summed E-state index contributed by atoms with van der Waals surface area (Å²) >= 11 is 7.44. The summed E-state index contributed by atoms with van der Waals surface area (Å²) in [5.74, 6) is 0. The Morgan fingerprint density at radius 1 is 1.19 bits per heavy atom. The van der Waals surface area contributed by atoms with Crippen molar-refractivity contribution in [3.05, 3.63) is 53.4 Å². The summed E-state index contributed by atoms with van der Waals surface area (Å²) < 4.78 is 10.5. The molecular weight excluding hydrogens is 306 g/mol. The summed E-state index contributed by atoms with van der Waals surface area (Å²) in [5, 5.41) is 3.95. The van der Waals surface area contributed by atoms with Crippen molar-refractivity contribution in [1.82, 2.24) is 18.1 Å². The molecule has 0 saturated carbocycles. The SMILES string of the molecule is Clc1ccc2nsnc2c1NCc1cn2ccccc2n1. The molecule has 5 nitrogen and oxygen atoms in total. The molecule has 0 aliphatic carbocycles. The highest BCUT2D eigenvalue weighted by atomic mass is 35.5. The lowest BCUT2D eigenvalue weighted by Crippen LogP contribution is -2.01. The number of nitrogens with one attached hydrogen (secondary N) is 1. The molecule has 0 saturated heterocycles. The van der Waals surface area contributed by atoms with Crippen LogP contribution in [0.15, 0.2) is 42.7 Å². The van der Waals surface area contributed by atoms with Gasteiger partial charge in [0.15, 0.2) is 0 Å². The monoisotopic (exact) mass is 315 g/mol. The van der Waals surface area contributed by atoms with Crippen LogP contribution in [0.2, 0.25) is 5.02 Å². The molecule has 0 aliphatic heterocycles. The number of benzene rings is 1. The van der Waals surface area contributed by atoms with Crippen LogP contribution in [0.4, 0.5) is 5.69 Å². The molecule has 4 rings (SSSR count). The van der Waals surface area contributed by atoms with Crippen LogP contribution < -0.4 is 5.32 Å². The molecule has 0 bridgehead atoms. The molecule has 0 aliphatic rings. The van der Waals surface area contributed by atoms with Crippen LogP contribution in [-0.2, 0) is 6.54 Å². The fraction of sp³-hybridized carbons (Fsp3) is 0.0714. The van der Waals surface area contributed by atoms with E-state index in [4.69, 9.17) is 11.6 Å². The van der Waals surface area contributed by atoms with Gasteiger partial charge in [-0.25, -0.2) is 4.98 Å². The van der Waals surface area contributed by atoms with Gasteiger partial charge in [0.25, 0.3) is 0 Å². The number of rotatable bonds is 3. The smallest absolute Gasteiger partial charge is 0.137 e. The zero-order valence-electron chi connectivity index (χ0n) is 10.8. The van der Waals surface area contributed by atoms with Gasteiger partial charge in [-0.2, -0.15) is 8.75 Å². The maximum Gasteiger partial charge on any atom is 0.137 e. The number of anilines is 1. The van der Waals surface area contributed by atoms with Crippen LogP contribution >= 0.6 is 23.3 Å². The van der Waals surface area contributed by atoms with E-state index in [1.807, 2.05) is 47.1 Å². The number of hydrogen-bond acceptors (Lipinski definition) is 5. The van der Waals surface area contributed by atoms with Gasteiger partial charge in [0.2, 0.25) is 0 Å². The molecule has 0 atom stereocenters. The third-order valence-corrected chi connectivity index (χ3v) is 4.09. The molecule has 0 amide bonds. The number of hydrogen-bond donors (Lipinski definition) is 1. The van der Waals surface area contributed by atoms with Gasteiger partial charge in [-0.1, -0.05) is 17.7 Å². The van der Waals surface area contributed by atoms with Crippen molar-refractivity contribution in [2.75, 3.05) is 5.32 Å². The van der Waals surface area contributed by atoms with E-state index in [-0.39, 0.29) is 0 Å². The highest BCUT2D eigenvalue weighted by Gasteiger charge is 2.10. The Morgan fingerprint density at radius 3 is 3.05 bits per heavy atom. The summed E-state index contributed by atoms with van der Waals surface area (Å²) in [6.07, 6.45) is 3.97. The first-order valence-corrected chi connectivity index (χ1v) is 7.49. The van der Waals surface area contributed by atoms with Gasteiger partial charge in [0.1, 0.15) is 16.7 Å². The number of nitrogens with zero attached hydrogens (tertiary/aromatic N) is 4. The average Bonchev–Trinajstić information content (AvgIpc) is 3.12. The van der Waals surface area contributed by atoms with Gasteiger partial charge >= 0.3 is 0 Å². The third-order valence-electron chi connectivity index (χ3n) is 3.24. The van der Waals surface area contributed by atoms with Crippen LogP contribution in [0.25, 0.3) is 16.7 Å². The second kappa shape index (κ2) is 4.98. The number of pyridine rings is 1. The number of halogens is 1. The molecule has 1 N–H and O–H groups in total. The first-order valence-electron chi connectivity index (χ1n) is 6.38. The molecule has 1 aromatic carbocycles. The van der Waals surface area contributed by atoms with Crippen molar-refractivity contribution in [3.8, 4) is 0 Å². The largest absolute Gasteiger partial charge is 0.376 e. The molecule has 3 heterocycles. The molecule has 3 aromatic heterocycles. The van der Waals surface area contributed by atoms with E-state index < -0.39 is 0 Å². The van der Waals surface area contributed by atoms with E-state index in [0.717, 1.165) is 28.1 Å². The normalized spacial score (nSPS) is 11.3. The number of imidazole rings is 1. The zero-order chi connectivity index (χ0) is 14.2. The summed E-state index contributed by atoms with van der Waals surface area (Å²) in [4.78, 5) is 4.55. The molecule has 0 unspecified atom stereocenters. The molecule has 0 fully saturated rings. The molecule has 21 heavy (non-hydrogen) atoms. The molecule has 0 radical (unpaired) electrons. The summed E-state index contributed by atoms with van der Waals surface area (Å²) in [7, 11) is 0. The maximum absolute atomic E-state index is 6.25. The predicted molar refractivity (Wildman–Crippen MR) is 84.9 cm³/mol. The van der Waals surface area contributed by atoms with Gasteiger partial charge in [-0.3, -0.25) is 0 Å². The van der Waals surface area contributed by atoms with Gasteiger partial charge in [0.05, 0.1) is 34.7 Å². The van der Waals surface area contributed by atoms with Crippen LogP contribution in [0, 0.1) is 0 Å². The Bertz CT molecular complexity index is 896. The Labute approximate surface area is 129 Å². The fourth-order valence-electron chi connectivity index (χ4n) is 2.25. The highest BCUT2D eigenvalue weighted by Crippen LogP contribution is 2.30. The van der Waals surface area contributed by atoms with E-state index in [1.54, 1.807) is 0 Å². The Kier molecular flexibility index (Phi) is 2.98. The minimum absolute atomic E-state index is 0.581. The number of fused-ring (bicyclic) bond motifs is 2. The first kappa shape index (κ1) is 12.6. The van der Waals surface area contributed by atoms with E-state index in [0.29, 0.717) is 11.6 Å². The van der Waals surface area contributed by atoms with E-state index >= 15 is 0 Å². The second-order valence-corrected chi connectivity index (χ2v) is 5.54. The van der Waals surface area contributed by atoms with Crippen molar-refractivity contribution in [1.29, 1.82) is 0 Å².